The summed E-state index contributed by atoms with van der Waals surface area (Å²) in [6.45, 7) is 1.38. The largest absolute Gasteiger partial charge is 0.439 e. The van der Waals surface area contributed by atoms with Crippen LogP contribution in [0.2, 0.25) is 0 Å². The van der Waals surface area contributed by atoms with Crippen LogP contribution in [0.4, 0.5) is 11.5 Å². The van der Waals surface area contributed by atoms with Crippen LogP contribution in [0.1, 0.15) is 25.7 Å². The minimum atomic E-state index is -0.121. The van der Waals surface area contributed by atoms with Crippen LogP contribution in [-0.4, -0.2) is 54.7 Å². The number of ether oxygens (including phenoxy) is 1. The summed E-state index contributed by atoms with van der Waals surface area (Å²) in [6, 6.07) is 18.5. The number of aromatic nitrogens is 5. The van der Waals surface area contributed by atoms with E-state index in [1.807, 2.05) is 39.8 Å². The summed E-state index contributed by atoms with van der Waals surface area (Å²) in [5.74, 6) is 1.46. The number of nitrogen functional groups attached to an aromatic ring is 1. The van der Waals surface area contributed by atoms with Crippen molar-refractivity contribution in [2.45, 2.75) is 25.7 Å². The van der Waals surface area contributed by atoms with Crippen molar-refractivity contribution in [3.8, 4) is 28.8 Å². The Morgan fingerprint density at radius 3 is 2.75 bits per heavy atom. The van der Waals surface area contributed by atoms with Gasteiger partial charge >= 0.3 is 0 Å². The molecule has 0 saturated carbocycles. The molecular formula is C28H26N8O4. The van der Waals surface area contributed by atoms with E-state index < -0.39 is 0 Å². The predicted molar refractivity (Wildman–Crippen MR) is 147 cm³/mol. The zero-order chi connectivity index (χ0) is 27.5. The molecule has 3 N–H and O–H groups in total. The van der Waals surface area contributed by atoms with Crippen molar-refractivity contribution in [3.63, 3.8) is 0 Å². The molecule has 1 aliphatic heterocycles. The number of carbonyl (C=O) groups excluding carboxylic acids is 2. The lowest BCUT2D eigenvalue weighted by Gasteiger charge is -2.15. The highest BCUT2D eigenvalue weighted by Crippen LogP contribution is 2.32. The highest BCUT2D eigenvalue weighted by atomic mass is 16.6. The molecule has 2 amide bonds. The van der Waals surface area contributed by atoms with E-state index in [2.05, 4.69) is 25.6 Å². The molecule has 4 heterocycles. The van der Waals surface area contributed by atoms with Crippen LogP contribution in [0.5, 0.6) is 11.6 Å². The van der Waals surface area contributed by atoms with Crippen molar-refractivity contribution in [2.75, 3.05) is 24.1 Å². The number of rotatable bonds is 9. The number of hydrogen-bond donors (Lipinski definition) is 2. The molecule has 5 aromatic rings. The lowest BCUT2D eigenvalue weighted by molar-refractivity contribution is -0.128. The van der Waals surface area contributed by atoms with Crippen molar-refractivity contribution >= 4 is 34.4 Å². The Balaban J connectivity index is 1.20. The number of para-hydroxylation sites is 1. The molecule has 1 saturated heterocycles. The summed E-state index contributed by atoms with van der Waals surface area (Å²) in [6.07, 6.45) is 4.04. The van der Waals surface area contributed by atoms with Gasteiger partial charge < -0.3 is 20.7 Å². The number of nitrogens with one attached hydrogen (secondary N) is 1. The number of likely N-dealkylation sites (tertiary alicyclic amines) is 1. The highest BCUT2D eigenvalue weighted by Gasteiger charge is 2.22. The molecule has 12 nitrogen and oxygen atoms in total. The van der Waals surface area contributed by atoms with Gasteiger partial charge in [-0.3, -0.25) is 14.2 Å². The number of amides is 2. The van der Waals surface area contributed by atoms with Gasteiger partial charge in [0.15, 0.2) is 17.3 Å². The van der Waals surface area contributed by atoms with Crippen LogP contribution in [0, 0.1) is 0 Å². The van der Waals surface area contributed by atoms with E-state index in [1.54, 1.807) is 36.5 Å². The van der Waals surface area contributed by atoms with Crippen LogP contribution in [0.25, 0.3) is 28.2 Å². The SMILES string of the molecule is Nc1nonc1-c1nc2cnc(Oc3cccc(NC(=O)CCCN4CCCC4=O)c3)cc2n1-c1ccccc1. The maximum Gasteiger partial charge on any atom is 0.224 e. The van der Waals surface area contributed by atoms with Crippen LogP contribution in [0.3, 0.4) is 0 Å². The Bertz CT molecular complexity index is 1680. The first-order chi connectivity index (χ1) is 19.5. The van der Waals surface area contributed by atoms with Gasteiger partial charge in [-0.1, -0.05) is 24.3 Å². The maximum absolute atomic E-state index is 12.5. The number of nitrogens with zero attached hydrogens (tertiary/aromatic N) is 6. The third-order valence-corrected chi connectivity index (χ3v) is 6.60. The lowest BCUT2D eigenvalue weighted by atomic mass is 10.2. The summed E-state index contributed by atoms with van der Waals surface area (Å²) < 4.78 is 12.8. The summed E-state index contributed by atoms with van der Waals surface area (Å²) in [7, 11) is 0. The molecule has 3 aromatic heterocycles. The number of imidazole rings is 1. The number of fused-ring (bicyclic) bond motifs is 1. The van der Waals surface area contributed by atoms with Gasteiger partial charge in [0.2, 0.25) is 17.7 Å². The average Bonchev–Trinajstić information content (AvgIpc) is 3.67. The fourth-order valence-corrected chi connectivity index (χ4v) is 4.72. The Kier molecular flexibility index (Phi) is 6.79. The minimum Gasteiger partial charge on any atom is -0.439 e. The number of nitrogens with two attached hydrogens (primary N) is 1. The van der Waals surface area contributed by atoms with Gasteiger partial charge in [0.25, 0.3) is 0 Å². The lowest BCUT2D eigenvalue weighted by Crippen LogP contribution is -2.26. The summed E-state index contributed by atoms with van der Waals surface area (Å²) >= 11 is 0. The normalized spacial score (nSPS) is 13.2. The van der Waals surface area contributed by atoms with Gasteiger partial charge in [-0.15, -0.1) is 0 Å². The molecule has 40 heavy (non-hydrogen) atoms. The van der Waals surface area contributed by atoms with Crippen molar-refractivity contribution in [2.24, 2.45) is 0 Å². The predicted octanol–water partition coefficient (Wildman–Crippen LogP) is 4.19. The molecule has 0 radical (unpaired) electrons. The number of hydrogen-bond acceptors (Lipinski definition) is 9. The van der Waals surface area contributed by atoms with E-state index in [9.17, 15) is 9.59 Å². The third-order valence-electron chi connectivity index (χ3n) is 6.60. The standard InChI is InChI=1S/C28H26N8O4/c29-27-26(33-40-34-27)28-32-21-17-30-24(16-22(21)36(28)19-8-2-1-3-9-19)39-20-10-4-7-18(15-20)31-23(37)11-5-13-35-14-6-12-25(35)38/h1-4,7-10,15-17H,5-6,11-14H2,(H2,29,34)(H,31,37). The number of benzene rings is 2. The second kappa shape index (κ2) is 10.8. The average molecular weight is 539 g/mol. The zero-order valence-corrected chi connectivity index (χ0v) is 21.5. The van der Waals surface area contributed by atoms with Crippen LogP contribution < -0.4 is 15.8 Å². The second-order valence-corrected chi connectivity index (χ2v) is 9.38. The molecule has 0 atom stereocenters. The molecule has 6 rings (SSSR count). The molecule has 202 valence electrons. The van der Waals surface area contributed by atoms with Crippen LogP contribution in [-0.2, 0) is 9.59 Å². The smallest absolute Gasteiger partial charge is 0.224 e. The summed E-state index contributed by atoms with van der Waals surface area (Å²) in [4.78, 5) is 35.1. The van der Waals surface area contributed by atoms with Gasteiger partial charge in [-0.05, 0) is 47.4 Å². The first-order valence-electron chi connectivity index (χ1n) is 12.9. The summed E-state index contributed by atoms with van der Waals surface area (Å²) in [5, 5.41) is 10.5. The minimum absolute atomic E-state index is 0.121. The van der Waals surface area contributed by atoms with Gasteiger partial charge in [0, 0.05) is 49.4 Å². The Labute approximate surface area is 228 Å². The van der Waals surface area contributed by atoms with Crippen molar-refractivity contribution in [1.29, 1.82) is 0 Å². The maximum atomic E-state index is 12.5. The molecule has 0 bridgehead atoms. The van der Waals surface area contributed by atoms with E-state index in [4.69, 9.17) is 15.1 Å². The van der Waals surface area contributed by atoms with Crippen molar-refractivity contribution in [1.82, 2.24) is 29.7 Å². The van der Waals surface area contributed by atoms with E-state index in [-0.39, 0.29) is 17.6 Å². The van der Waals surface area contributed by atoms with E-state index in [1.165, 1.54) is 0 Å². The Morgan fingerprint density at radius 1 is 1.10 bits per heavy atom. The zero-order valence-electron chi connectivity index (χ0n) is 21.5. The van der Waals surface area contributed by atoms with Gasteiger partial charge in [-0.2, -0.15) is 0 Å². The number of carbonyl (C=O) groups is 2. The van der Waals surface area contributed by atoms with Crippen molar-refractivity contribution in [3.05, 3.63) is 66.9 Å². The van der Waals surface area contributed by atoms with E-state index >= 15 is 0 Å². The first kappa shape index (κ1) is 25.0. The first-order valence-corrected chi connectivity index (χ1v) is 12.9. The number of pyridine rings is 1. The molecule has 1 aliphatic rings. The fraction of sp³-hybridized carbons (Fsp3) is 0.214. The third kappa shape index (κ3) is 5.19. The van der Waals surface area contributed by atoms with Gasteiger partial charge in [0.1, 0.15) is 11.3 Å². The fourth-order valence-electron chi connectivity index (χ4n) is 4.72. The Hall–Kier alpha value is -5.26. The highest BCUT2D eigenvalue weighted by molar-refractivity contribution is 5.91. The summed E-state index contributed by atoms with van der Waals surface area (Å²) in [5.41, 5.74) is 9.05. The molecule has 0 unspecified atom stereocenters. The molecule has 2 aromatic carbocycles. The monoisotopic (exact) mass is 538 g/mol. The molecule has 0 spiro atoms. The molecule has 1 fully saturated rings. The second-order valence-electron chi connectivity index (χ2n) is 9.38. The van der Waals surface area contributed by atoms with Crippen LogP contribution in [0.15, 0.2) is 71.5 Å². The van der Waals surface area contributed by atoms with Gasteiger partial charge in [0.05, 0.1) is 11.7 Å². The molecular weight excluding hydrogens is 512 g/mol. The van der Waals surface area contributed by atoms with Crippen LogP contribution >= 0.6 is 0 Å². The van der Waals surface area contributed by atoms with E-state index in [0.717, 1.165) is 24.2 Å². The Morgan fingerprint density at radius 2 is 1.98 bits per heavy atom. The van der Waals surface area contributed by atoms with E-state index in [0.29, 0.717) is 60.2 Å². The van der Waals surface area contributed by atoms with Gasteiger partial charge in [-0.25, -0.2) is 14.6 Å². The topological polar surface area (TPSA) is 154 Å². The molecule has 12 heteroatoms. The molecule has 0 aliphatic carbocycles. The van der Waals surface area contributed by atoms with Crippen molar-refractivity contribution < 1.29 is 19.0 Å². The quantitative estimate of drug-likeness (QED) is 0.281. The number of anilines is 2.